The minimum absolute atomic E-state index is 0.0601. The van der Waals surface area contributed by atoms with Crippen LogP contribution in [0.3, 0.4) is 0 Å². The number of carboxylic acids is 1. The maximum atomic E-state index is 10.8. The highest BCUT2D eigenvalue weighted by Crippen LogP contribution is 2.03. The lowest BCUT2D eigenvalue weighted by atomic mass is 10.3. The summed E-state index contributed by atoms with van der Waals surface area (Å²) in [7, 11) is 1.17. The van der Waals surface area contributed by atoms with Crippen molar-refractivity contribution in [2.24, 2.45) is 10.1 Å². The van der Waals surface area contributed by atoms with Crippen molar-refractivity contribution in [1.29, 1.82) is 0 Å². The van der Waals surface area contributed by atoms with E-state index >= 15 is 0 Å². The quantitative estimate of drug-likeness (QED) is 0.314. The topological polar surface area (TPSA) is 113 Å². The number of rotatable bonds is 4. The summed E-state index contributed by atoms with van der Waals surface area (Å²) in [5.74, 6) is -1.37. The van der Waals surface area contributed by atoms with Gasteiger partial charge in [0.1, 0.15) is 12.8 Å². The van der Waals surface area contributed by atoms with Crippen LogP contribution in [0.2, 0.25) is 0 Å². The Balaban J connectivity index is 3.33. The molecule has 1 heterocycles. The van der Waals surface area contributed by atoms with E-state index in [0.717, 1.165) is 11.3 Å². The van der Waals surface area contributed by atoms with Crippen molar-refractivity contribution >= 4 is 29.4 Å². The second-order valence-corrected chi connectivity index (χ2v) is 3.21. The van der Waals surface area contributed by atoms with Gasteiger partial charge in [0.25, 0.3) is 0 Å². The van der Waals surface area contributed by atoms with E-state index in [1.807, 2.05) is 0 Å². The maximum absolute atomic E-state index is 10.8. The van der Waals surface area contributed by atoms with E-state index in [0.29, 0.717) is 4.73 Å². The number of carbonyl (C=O) groups excluding carboxylic acids is 1. The number of hydrogen-bond donors (Lipinski definition) is 2. The normalized spacial score (nSPS) is 12.6. The lowest BCUT2D eigenvalue weighted by Gasteiger charge is -1.99. The van der Waals surface area contributed by atoms with Gasteiger partial charge in [-0.3, -0.25) is 4.79 Å². The van der Waals surface area contributed by atoms with Crippen molar-refractivity contribution in [3.8, 4) is 0 Å². The first kappa shape index (κ1) is 11.9. The van der Waals surface area contributed by atoms with Crippen LogP contribution in [0.25, 0.3) is 0 Å². The third-order valence-corrected chi connectivity index (χ3v) is 2.31. The average Bonchev–Trinajstić information content (AvgIpc) is 2.58. The molecular formula is C7H7N3O5S. The fraction of sp³-hybridized carbons (Fsp3) is 0.143. The largest absolute Gasteiger partial charge is 0.476 e. The summed E-state index contributed by atoms with van der Waals surface area (Å²) >= 11 is 0.888. The zero-order valence-corrected chi connectivity index (χ0v) is 8.84. The van der Waals surface area contributed by atoms with Gasteiger partial charge < -0.3 is 15.2 Å². The van der Waals surface area contributed by atoms with E-state index in [1.165, 1.54) is 12.5 Å². The number of carbonyl (C=O) groups is 2. The van der Waals surface area contributed by atoms with Crippen LogP contribution in [-0.4, -0.2) is 40.2 Å². The van der Waals surface area contributed by atoms with Crippen LogP contribution in [0.15, 0.2) is 15.5 Å². The van der Waals surface area contributed by atoms with Crippen molar-refractivity contribution < 1.29 is 24.7 Å². The smallest absolute Gasteiger partial charge is 0.360 e. The molecule has 1 aromatic rings. The first-order valence-corrected chi connectivity index (χ1v) is 4.72. The standard InChI is InChI=1S/C7H7N3O5S/c1-15-9-5(6(12)13)4-2-16-7(8-3-11)10(4)14/h2-3,14H,1H3,(H,12,13). The van der Waals surface area contributed by atoms with Crippen molar-refractivity contribution in [2.75, 3.05) is 7.11 Å². The predicted molar refractivity (Wildman–Crippen MR) is 52.3 cm³/mol. The highest BCUT2D eigenvalue weighted by Gasteiger charge is 2.19. The molecule has 9 heteroatoms. The number of amides is 1. The molecule has 0 fully saturated rings. The third-order valence-electron chi connectivity index (χ3n) is 1.48. The van der Waals surface area contributed by atoms with Gasteiger partial charge >= 0.3 is 5.97 Å². The Kier molecular flexibility index (Phi) is 3.78. The number of hydrogen-bond acceptors (Lipinski definition) is 6. The average molecular weight is 245 g/mol. The van der Waals surface area contributed by atoms with Crippen LogP contribution in [0.5, 0.6) is 0 Å². The van der Waals surface area contributed by atoms with E-state index in [1.54, 1.807) is 0 Å². The van der Waals surface area contributed by atoms with Crippen LogP contribution >= 0.6 is 11.3 Å². The molecule has 1 amide bonds. The highest BCUT2D eigenvalue weighted by atomic mass is 32.1. The molecule has 1 aromatic heterocycles. The minimum Gasteiger partial charge on any atom is -0.476 e. The molecule has 0 saturated heterocycles. The molecule has 0 aliphatic carbocycles. The van der Waals surface area contributed by atoms with E-state index in [-0.39, 0.29) is 16.9 Å². The Morgan fingerprint density at radius 1 is 1.69 bits per heavy atom. The lowest BCUT2D eigenvalue weighted by Crippen LogP contribution is -2.23. The molecule has 0 radical (unpaired) electrons. The van der Waals surface area contributed by atoms with Gasteiger partial charge in [0.05, 0.1) is 0 Å². The van der Waals surface area contributed by atoms with Crippen LogP contribution in [0, 0.1) is 0 Å². The minimum atomic E-state index is -1.37. The zero-order chi connectivity index (χ0) is 12.1. The molecule has 86 valence electrons. The second kappa shape index (κ2) is 5.07. The summed E-state index contributed by atoms with van der Waals surface area (Å²) in [6.45, 7) is 0. The fourth-order valence-electron chi connectivity index (χ4n) is 0.884. The van der Waals surface area contributed by atoms with Gasteiger partial charge in [-0.1, -0.05) is 5.16 Å². The zero-order valence-electron chi connectivity index (χ0n) is 8.02. The summed E-state index contributed by atoms with van der Waals surface area (Å²) in [6.07, 6.45) is 0.232. The lowest BCUT2D eigenvalue weighted by molar-refractivity contribution is -0.129. The Morgan fingerprint density at radius 2 is 2.38 bits per heavy atom. The molecule has 0 aliphatic rings. The third kappa shape index (κ3) is 2.25. The van der Waals surface area contributed by atoms with Gasteiger partial charge in [-0.05, 0) is 0 Å². The first-order chi connectivity index (χ1) is 7.61. The van der Waals surface area contributed by atoms with E-state index in [2.05, 4.69) is 15.0 Å². The summed E-state index contributed by atoms with van der Waals surface area (Å²) < 4.78 is 0.449. The van der Waals surface area contributed by atoms with Gasteiger partial charge in [-0.25, -0.2) is 4.79 Å². The molecule has 2 N–H and O–H groups in total. The Hall–Kier alpha value is -2.16. The van der Waals surface area contributed by atoms with Crippen molar-refractivity contribution in [3.05, 3.63) is 15.9 Å². The fourth-order valence-corrected chi connectivity index (χ4v) is 1.61. The molecular weight excluding hydrogens is 238 g/mol. The Morgan fingerprint density at radius 3 is 2.88 bits per heavy atom. The monoisotopic (exact) mass is 245 g/mol. The van der Waals surface area contributed by atoms with Crippen molar-refractivity contribution in [2.45, 2.75) is 0 Å². The maximum Gasteiger partial charge on any atom is 0.360 e. The van der Waals surface area contributed by atoms with Gasteiger partial charge in [-0.15, -0.1) is 11.3 Å². The predicted octanol–water partition coefficient (Wildman–Crippen LogP) is -0.721. The summed E-state index contributed by atoms with van der Waals surface area (Å²) in [5.41, 5.74) is -0.617. The Labute approximate surface area is 92.7 Å². The molecule has 1 rings (SSSR count). The second-order valence-electron chi connectivity index (χ2n) is 2.38. The SMILES string of the molecule is CON=C(C(=O)O)c1csc(=NC=O)n1O. The molecule has 8 nitrogen and oxygen atoms in total. The van der Waals surface area contributed by atoms with Crippen LogP contribution in [-0.2, 0) is 14.4 Å². The van der Waals surface area contributed by atoms with Gasteiger partial charge in [0.15, 0.2) is 0 Å². The van der Waals surface area contributed by atoms with Crippen LogP contribution in [0.4, 0.5) is 0 Å². The summed E-state index contributed by atoms with van der Waals surface area (Å²) in [6, 6.07) is 0. The van der Waals surface area contributed by atoms with E-state index in [4.69, 9.17) is 5.11 Å². The van der Waals surface area contributed by atoms with Crippen molar-refractivity contribution in [3.63, 3.8) is 0 Å². The first-order valence-electron chi connectivity index (χ1n) is 3.84. The summed E-state index contributed by atoms with van der Waals surface area (Å²) in [4.78, 5) is 28.4. The molecule has 0 atom stereocenters. The van der Waals surface area contributed by atoms with Gasteiger partial charge in [0.2, 0.25) is 16.9 Å². The molecule has 0 aliphatic heterocycles. The molecule has 0 bridgehead atoms. The van der Waals surface area contributed by atoms with Crippen molar-refractivity contribution in [1.82, 2.24) is 4.73 Å². The molecule has 0 saturated carbocycles. The number of aliphatic carboxylic acids is 1. The van der Waals surface area contributed by atoms with Crippen LogP contribution in [0.1, 0.15) is 5.69 Å². The van der Waals surface area contributed by atoms with E-state index < -0.39 is 11.7 Å². The number of nitrogens with zero attached hydrogens (tertiary/aromatic N) is 3. The molecule has 0 aromatic carbocycles. The van der Waals surface area contributed by atoms with Crippen LogP contribution < -0.4 is 4.80 Å². The van der Waals surface area contributed by atoms with Gasteiger partial charge in [-0.2, -0.15) is 9.72 Å². The van der Waals surface area contributed by atoms with Gasteiger partial charge in [0, 0.05) is 5.38 Å². The van der Waals surface area contributed by atoms with E-state index in [9.17, 15) is 14.8 Å². The number of aromatic nitrogens is 1. The highest BCUT2D eigenvalue weighted by molar-refractivity contribution is 7.07. The Bertz CT molecular complexity index is 500. The number of thiazole rings is 1. The molecule has 16 heavy (non-hydrogen) atoms. The molecule has 0 spiro atoms. The number of carboxylic acid groups (broad SMARTS) is 1. The molecule has 0 unspecified atom stereocenters. The summed E-state index contributed by atoms with van der Waals surface area (Å²) in [5, 5.41) is 22.8. The number of oxime groups is 1.